The van der Waals surface area contributed by atoms with Crippen LogP contribution in [-0.2, 0) is 9.84 Å². The number of benzene rings is 1. The molecule has 1 aliphatic heterocycles. The van der Waals surface area contributed by atoms with Gasteiger partial charge in [0.05, 0.1) is 17.4 Å². The molecule has 1 saturated carbocycles. The van der Waals surface area contributed by atoms with Crippen LogP contribution in [0.1, 0.15) is 36.0 Å². The van der Waals surface area contributed by atoms with Gasteiger partial charge in [-0.3, -0.25) is 4.79 Å². The van der Waals surface area contributed by atoms with Crippen LogP contribution in [0.3, 0.4) is 0 Å². The molecule has 0 bridgehead atoms. The number of hydrogen-bond acceptors (Lipinski definition) is 5. The van der Waals surface area contributed by atoms with Crippen LogP contribution in [0, 0.1) is 5.41 Å². The number of anilines is 1. The Labute approximate surface area is 149 Å². The van der Waals surface area contributed by atoms with Gasteiger partial charge in [0, 0.05) is 37.0 Å². The van der Waals surface area contributed by atoms with Gasteiger partial charge in [0.2, 0.25) is 0 Å². The lowest BCUT2D eigenvalue weighted by Gasteiger charge is -2.30. The van der Waals surface area contributed by atoms with Crippen molar-refractivity contribution in [3.63, 3.8) is 0 Å². The molecule has 2 aliphatic rings. The van der Waals surface area contributed by atoms with Gasteiger partial charge >= 0.3 is 0 Å². The fourth-order valence-corrected chi connectivity index (χ4v) is 5.02. The Morgan fingerprint density at radius 3 is 2.72 bits per heavy atom. The van der Waals surface area contributed by atoms with Crippen molar-refractivity contribution in [2.75, 3.05) is 37.0 Å². The van der Waals surface area contributed by atoms with E-state index in [0.29, 0.717) is 25.2 Å². The number of sulfone groups is 1. The number of nitrogens with one attached hydrogen (secondary N) is 1. The highest BCUT2D eigenvalue weighted by atomic mass is 32.2. The molecule has 1 atom stereocenters. The molecule has 0 spiro atoms. The molecule has 6 nitrogen and oxygen atoms in total. The lowest BCUT2D eigenvalue weighted by Crippen LogP contribution is -2.42. The Bertz CT molecular complexity index is 743. The minimum atomic E-state index is -3.02. The van der Waals surface area contributed by atoms with E-state index < -0.39 is 15.9 Å². The van der Waals surface area contributed by atoms with Gasteiger partial charge in [0.15, 0.2) is 0 Å². The SMILES string of the molecule is CS(=O)(=O)CC1(CNc2ccccc2C(=O)N2CCCC(O)C2)CC1. The molecule has 2 N–H and O–H groups in total. The Kier molecular flexibility index (Phi) is 5.06. The number of nitrogens with zero attached hydrogens (tertiary/aromatic N) is 1. The minimum absolute atomic E-state index is 0.0881. The summed E-state index contributed by atoms with van der Waals surface area (Å²) >= 11 is 0. The van der Waals surface area contributed by atoms with E-state index in [1.165, 1.54) is 6.26 Å². The summed E-state index contributed by atoms with van der Waals surface area (Å²) in [4.78, 5) is 14.5. The van der Waals surface area contributed by atoms with Gasteiger partial charge in [0.1, 0.15) is 9.84 Å². The zero-order chi connectivity index (χ0) is 18.1. The van der Waals surface area contributed by atoms with Gasteiger partial charge in [-0.1, -0.05) is 12.1 Å². The van der Waals surface area contributed by atoms with Crippen molar-refractivity contribution in [2.24, 2.45) is 5.41 Å². The standard InChI is InChI=1S/C18H26N2O4S/c1-25(23,24)13-18(8-9-18)12-19-16-7-3-2-6-15(16)17(22)20-10-4-5-14(21)11-20/h2-3,6-7,14,19,21H,4-5,8-13H2,1H3. The van der Waals surface area contributed by atoms with Crippen molar-refractivity contribution in [2.45, 2.75) is 31.8 Å². The quantitative estimate of drug-likeness (QED) is 0.797. The lowest BCUT2D eigenvalue weighted by atomic mass is 10.1. The molecule has 1 aromatic rings. The van der Waals surface area contributed by atoms with Crippen LogP contribution in [0.15, 0.2) is 24.3 Å². The van der Waals surface area contributed by atoms with Crippen molar-refractivity contribution in [3.8, 4) is 0 Å². The first-order chi connectivity index (χ1) is 11.8. The molecule has 0 aromatic heterocycles. The van der Waals surface area contributed by atoms with E-state index >= 15 is 0 Å². The number of carbonyl (C=O) groups excluding carboxylic acids is 1. The van der Waals surface area contributed by atoms with Gasteiger partial charge in [0.25, 0.3) is 5.91 Å². The predicted molar refractivity (Wildman–Crippen MR) is 97.5 cm³/mol. The van der Waals surface area contributed by atoms with Crippen LogP contribution < -0.4 is 5.32 Å². The summed E-state index contributed by atoms with van der Waals surface area (Å²) in [6.45, 7) is 1.57. The van der Waals surface area contributed by atoms with E-state index in [0.717, 1.165) is 31.4 Å². The maximum atomic E-state index is 12.8. The summed E-state index contributed by atoms with van der Waals surface area (Å²) in [6.07, 6.45) is 4.13. The monoisotopic (exact) mass is 366 g/mol. The fourth-order valence-electron chi connectivity index (χ4n) is 3.52. The van der Waals surface area contributed by atoms with Crippen LogP contribution in [-0.4, -0.2) is 62.1 Å². The first-order valence-electron chi connectivity index (χ1n) is 8.76. The van der Waals surface area contributed by atoms with Gasteiger partial charge in [-0.05, 0) is 37.8 Å². The molecule has 25 heavy (non-hydrogen) atoms. The first kappa shape index (κ1) is 18.2. The van der Waals surface area contributed by atoms with Gasteiger partial charge in [-0.2, -0.15) is 0 Å². The molecule has 0 radical (unpaired) electrons. The normalized spacial score (nSPS) is 22.5. The summed E-state index contributed by atoms with van der Waals surface area (Å²) < 4.78 is 23.2. The average molecular weight is 366 g/mol. The van der Waals surface area contributed by atoms with Gasteiger partial charge in [-0.15, -0.1) is 0 Å². The molecule has 1 amide bonds. The topological polar surface area (TPSA) is 86.7 Å². The second-order valence-electron chi connectivity index (χ2n) is 7.52. The van der Waals surface area contributed by atoms with Crippen molar-refractivity contribution >= 4 is 21.4 Å². The van der Waals surface area contributed by atoms with Gasteiger partial charge < -0.3 is 15.3 Å². The molecule has 138 valence electrons. The molecule has 1 aromatic carbocycles. The Morgan fingerprint density at radius 1 is 1.36 bits per heavy atom. The summed E-state index contributed by atoms with van der Waals surface area (Å²) in [5, 5.41) is 13.1. The van der Waals surface area contributed by atoms with Crippen molar-refractivity contribution in [1.29, 1.82) is 0 Å². The lowest BCUT2D eigenvalue weighted by molar-refractivity contribution is 0.0474. The van der Waals surface area contributed by atoms with Crippen LogP contribution in [0.2, 0.25) is 0 Å². The van der Waals surface area contributed by atoms with Crippen LogP contribution in [0.4, 0.5) is 5.69 Å². The zero-order valence-electron chi connectivity index (χ0n) is 14.6. The largest absolute Gasteiger partial charge is 0.391 e. The van der Waals surface area contributed by atoms with Crippen LogP contribution in [0.5, 0.6) is 0 Å². The number of aliphatic hydroxyl groups is 1. The highest BCUT2D eigenvalue weighted by molar-refractivity contribution is 7.90. The minimum Gasteiger partial charge on any atom is -0.391 e. The summed E-state index contributed by atoms with van der Waals surface area (Å²) in [6, 6.07) is 7.31. The number of amides is 1. The number of β-amino-alcohol motifs (C(OH)–C–C–N with tert-alkyl or cyclic N) is 1. The molecule has 1 heterocycles. The molecule has 1 unspecified atom stereocenters. The Hall–Kier alpha value is -1.60. The molecule has 1 aliphatic carbocycles. The molecule has 2 fully saturated rings. The molecular formula is C18H26N2O4S. The Morgan fingerprint density at radius 2 is 2.08 bits per heavy atom. The highest BCUT2D eigenvalue weighted by Crippen LogP contribution is 2.46. The van der Waals surface area contributed by atoms with E-state index in [4.69, 9.17) is 0 Å². The third kappa shape index (κ3) is 4.73. The third-order valence-corrected chi connectivity index (χ3v) is 6.16. The molecule has 3 rings (SSSR count). The number of likely N-dealkylation sites (tertiary alicyclic amines) is 1. The van der Waals surface area contributed by atoms with Crippen molar-refractivity contribution in [1.82, 2.24) is 4.90 Å². The van der Waals surface area contributed by atoms with Crippen LogP contribution in [0.25, 0.3) is 0 Å². The summed E-state index contributed by atoms with van der Waals surface area (Å²) in [5.41, 5.74) is 1.10. The Balaban J connectivity index is 1.70. The van der Waals surface area contributed by atoms with E-state index in [-0.39, 0.29) is 17.1 Å². The zero-order valence-corrected chi connectivity index (χ0v) is 15.4. The predicted octanol–water partition coefficient (Wildman–Crippen LogP) is 1.52. The first-order valence-corrected chi connectivity index (χ1v) is 10.8. The van der Waals surface area contributed by atoms with E-state index in [1.54, 1.807) is 11.0 Å². The number of piperidine rings is 1. The number of hydrogen-bond donors (Lipinski definition) is 2. The van der Waals surface area contributed by atoms with E-state index in [2.05, 4.69) is 5.32 Å². The number of aliphatic hydroxyl groups excluding tert-OH is 1. The van der Waals surface area contributed by atoms with E-state index in [1.807, 2.05) is 18.2 Å². The third-order valence-electron chi connectivity index (χ3n) is 5.02. The van der Waals surface area contributed by atoms with E-state index in [9.17, 15) is 18.3 Å². The second kappa shape index (κ2) is 6.96. The molecular weight excluding hydrogens is 340 g/mol. The van der Waals surface area contributed by atoms with Crippen LogP contribution >= 0.6 is 0 Å². The smallest absolute Gasteiger partial charge is 0.256 e. The van der Waals surface area contributed by atoms with Crippen molar-refractivity contribution < 1.29 is 18.3 Å². The fraction of sp³-hybridized carbons (Fsp3) is 0.611. The summed E-state index contributed by atoms with van der Waals surface area (Å²) in [7, 11) is -3.02. The number of carbonyl (C=O) groups is 1. The average Bonchev–Trinajstić information content (AvgIpc) is 3.30. The number of rotatable bonds is 6. The highest BCUT2D eigenvalue weighted by Gasteiger charge is 2.45. The second-order valence-corrected chi connectivity index (χ2v) is 9.66. The number of para-hydroxylation sites is 1. The van der Waals surface area contributed by atoms with Gasteiger partial charge in [-0.25, -0.2) is 8.42 Å². The van der Waals surface area contributed by atoms with Crippen molar-refractivity contribution in [3.05, 3.63) is 29.8 Å². The maximum absolute atomic E-state index is 12.8. The summed E-state index contributed by atoms with van der Waals surface area (Å²) in [5.74, 6) is 0.0938. The molecule has 7 heteroatoms. The maximum Gasteiger partial charge on any atom is 0.256 e. The molecule has 1 saturated heterocycles.